The van der Waals surface area contributed by atoms with Crippen molar-refractivity contribution in [2.45, 2.75) is 0 Å². The minimum absolute atomic E-state index is 0.627. The van der Waals surface area contributed by atoms with Crippen LogP contribution in [0.3, 0.4) is 0 Å². The van der Waals surface area contributed by atoms with Crippen LogP contribution in [0.15, 0.2) is 158 Å². The molecule has 0 radical (unpaired) electrons. The molecule has 206 valence electrons. The maximum absolute atomic E-state index is 5.01. The molecular formula is C40H26N4. The van der Waals surface area contributed by atoms with Crippen LogP contribution in [0, 0.1) is 0 Å². The second-order valence-corrected chi connectivity index (χ2v) is 10.7. The lowest BCUT2D eigenvalue weighted by molar-refractivity contribution is 1.07. The Bertz CT molecular complexity index is 2280. The average molecular weight is 563 g/mol. The van der Waals surface area contributed by atoms with Crippen LogP contribution < -0.4 is 0 Å². The lowest BCUT2D eigenvalue weighted by Gasteiger charge is -2.13. The predicted octanol–water partition coefficient (Wildman–Crippen LogP) is 9.91. The first-order valence-electron chi connectivity index (χ1n) is 14.6. The van der Waals surface area contributed by atoms with E-state index in [1.807, 2.05) is 54.7 Å². The predicted molar refractivity (Wildman–Crippen MR) is 180 cm³/mol. The summed E-state index contributed by atoms with van der Waals surface area (Å²) in [6.07, 6.45) is 1.81. The summed E-state index contributed by atoms with van der Waals surface area (Å²) in [7, 11) is 0. The number of fused-ring (bicyclic) bond motifs is 2. The largest absolute Gasteiger partial charge is 0.256 e. The van der Waals surface area contributed by atoms with Crippen molar-refractivity contribution in [2.75, 3.05) is 0 Å². The first kappa shape index (κ1) is 25.7. The van der Waals surface area contributed by atoms with Gasteiger partial charge in [-0.05, 0) is 63.4 Å². The number of hydrogen-bond donors (Lipinski definition) is 0. The van der Waals surface area contributed by atoms with E-state index >= 15 is 0 Å². The summed E-state index contributed by atoms with van der Waals surface area (Å²) in [5.41, 5.74) is 8.44. The number of nitrogens with zero attached hydrogens (tertiary/aromatic N) is 4. The summed E-state index contributed by atoms with van der Waals surface area (Å²) in [4.78, 5) is 19.4. The summed E-state index contributed by atoms with van der Waals surface area (Å²) in [5.74, 6) is 1.90. The second kappa shape index (κ2) is 11.0. The summed E-state index contributed by atoms with van der Waals surface area (Å²) in [6.45, 7) is 0. The Balaban J connectivity index is 1.28. The van der Waals surface area contributed by atoms with E-state index in [2.05, 4.69) is 108 Å². The van der Waals surface area contributed by atoms with Crippen LogP contribution in [0.4, 0.5) is 0 Å². The average Bonchev–Trinajstić information content (AvgIpc) is 3.11. The quantitative estimate of drug-likeness (QED) is 0.209. The summed E-state index contributed by atoms with van der Waals surface area (Å²) in [5, 5.41) is 3.47. The van der Waals surface area contributed by atoms with Gasteiger partial charge in [0.25, 0.3) is 0 Å². The number of hydrogen-bond acceptors (Lipinski definition) is 4. The van der Waals surface area contributed by atoms with Gasteiger partial charge in [0.05, 0.1) is 5.52 Å². The molecule has 0 amide bonds. The van der Waals surface area contributed by atoms with Gasteiger partial charge in [0.2, 0.25) is 0 Å². The van der Waals surface area contributed by atoms with Gasteiger partial charge in [0, 0.05) is 28.3 Å². The van der Waals surface area contributed by atoms with Crippen LogP contribution in [0.1, 0.15) is 0 Å². The standard InChI is InChI=1S/C40H26N4/c1-3-11-27(12-4-1)33-21-22-34(36-19-8-7-18-35(33)36)29-15-9-16-31(25-29)39-42-38(28-13-5-2-6-14-28)43-40(44-39)32-20-23-37-30(26-32)17-10-24-41-37/h1-26H. The molecule has 0 unspecified atom stereocenters. The highest BCUT2D eigenvalue weighted by molar-refractivity contribution is 6.05. The van der Waals surface area contributed by atoms with E-state index in [1.54, 1.807) is 0 Å². The molecule has 0 saturated heterocycles. The molecule has 0 spiro atoms. The van der Waals surface area contributed by atoms with Crippen molar-refractivity contribution in [1.29, 1.82) is 0 Å². The van der Waals surface area contributed by atoms with E-state index in [0.29, 0.717) is 17.5 Å². The molecule has 4 nitrogen and oxygen atoms in total. The molecule has 0 saturated carbocycles. The fraction of sp³-hybridized carbons (Fsp3) is 0. The first-order valence-corrected chi connectivity index (χ1v) is 14.6. The van der Waals surface area contributed by atoms with Crippen molar-refractivity contribution in [1.82, 2.24) is 19.9 Å². The zero-order valence-corrected chi connectivity index (χ0v) is 23.8. The van der Waals surface area contributed by atoms with Gasteiger partial charge in [-0.15, -0.1) is 0 Å². The van der Waals surface area contributed by atoms with Crippen LogP contribution in [-0.4, -0.2) is 19.9 Å². The Morgan fingerprint density at radius 1 is 0.341 bits per heavy atom. The summed E-state index contributed by atoms with van der Waals surface area (Å²) < 4.78 is 0. The Hall–Kier alpha value is -6.00. The van der Waals surface area contributed by atoms with Crippen molar-refractivity contribution in [2.24, 2.45) is 0 Å². The Morgan fingerprint density at radius 2 is 0.886 bits per heavy atom. The molecule has 0 fully saturated rings. The highest BCUT2D eigenvalue weighted by Crippen LogP contribution is 2.37. The molecule has 0 bridgehead atoms. The highest BCUT2D eigenvalue weighted by Gasteiger charge is 2.15. The van der Waals surface area contributed by atoms with Gasteiger partial charge in [0.15, 0.2) is 17.5 Å². The van der Waals surface area contributed by atoms with E-state index in [9.17, 15) is 0 Å². The van der Waals surface area contributed by atoms with Crippen LogP contribution in [0.25, 0.3) is 78.1 Å². The maximum Gasteiger partial charge on any atom is 0.164 e. The molecule has 2 aromatic heterocycles. The third kappa shape index (κ3) is 4.79. The zero-order valence-electron chi connectivity index (χ0n) is 23.8. The van der Waals surface area contributed by atoms with Gasteiger partial charge in [-0.1, -0.05) is 121 Å². The van der Waals surface area contributed by atoms with Crippen LogP contribution in [-0.2, 0) is 0 Å². The molecule has 0 aliphatic heterocycles. The Labute approximate surface area is 255 Å². The minimum Gasteiger partial charge on any atom is -0.256 e. The normalized spacial score (nSPS) is 11.2. The van der Waals surface area contributed by atoms with Gasteiger partial charge in [-0.25, -0.2) is 15.0 Å². The third-order valence-electron chi connectivity index (χ3n) is 7.97. The number of benzene rings is 6. The molecule has 0 aliphatic carbocycles. The van der Waals surface area contributed by atoms with Crippen LogP contribution in [0.2, 0.25) is 0 Å². The Morgan fingerprint density at radius 3 is 1.59 bits per heavy atom. The maximum atomic E-state index is 5.01. The fourth-order valence-electron chi connectivity index (χ4n) is 5.81. The fourth-order valence-corrected chi connectivity index (χ4v) is 5.81. The highest BCUT2D eigenvalue weighted by atomic mass is 15.0. The molecule has 2 heterocycles. The van der Waals surface area contributed by atoms with Gasteiger partial charge < -0.3 is 0 Å². The van der Waals surface area contributed by atoms with Gasteiger partial charge in [-0.3, -0.25) is 4.98 Å². The molecule has 0 N–H and O–H groups in total. The lowest BCUT2D eigenvalue weighted by atomic mass is 9.91. The molecule has 0 atom stereocenters. The topological polar surface area (TPSA) is 51.6 Å². The van der Waals surface area contributed by atoms with Crippen molar-refractivity contribution in [3.63, 3.8) is 0 Å². The third-order valence-corrected chi connectivity index (χ3v) is 7.97. The van der Waals surface area contributed by atoms with Gasteiger partial charge in [-0.2, -0.15) is 0 Å². The lowest BCUT2D eigenvalue weighted by Crippen LogP contribution is -2.00. The SMILES string of the molecule is c1ccc(-c2nc(-c3cccc(-c4ccc(-c5ccccc5)c5ccccc45)c3)nc(-c3ccc4ncccc4c3)n2)cc1. The van der Waals surface area contributed by atoms with E-state index in [-0.39, 0.29) is 0 Å². The number of pyridine rings is 1. The van der Waals surface area contributed by atoms with E-state index in [1.165, 1.54) is 27.5 Å². The molecule has 8 rings (SSSR count). The minimum atomic E-state index is 0.627. The van der Waals surface area contributed by atoms with Gasteiger partial charge in [0.1, 0.15) is 0 Å². The van der Waals surface area contributed by atoms with Crippen molar-refractivity contribution >= 4 is 21.7 Å². The van der Waals surface area contributed by atoms with Crippen molar-refractivity contribution < 1.29 is 0 Å². The van der Waals surface area contributed by atoms with E-state index in [0.717, 1.165) is 33.2 Å². The van der Waals surface area contributed by atoms with Crippen LogP contribution >= 0.6 is 0 Å². The molecule has 8 aromatic rings. The number of rotatable bonds is 5. The first-order chi connectivity index (χ1) is 21.8. The van der Waals surface area contributed by atoms with Crippen molar-refractivity contribution in [3.8, 4) is 56.4 Å². The molecular weight excluding hydrogens is 536 g/mol. The summed E-state index contributed by atoms with van der Waals surface area (Å²) in [6, 6.07) is 52.3. The van der Waals surface area contributed by atoms with E-state index < -0.39 is 0 Å². The molecule has 4 heteroatoms. The van der Waals surface area contributed by atoms with Crippen LogP contribution in [0.5, 0.6) is 0 Å². The molecule has 0 aliphatic rings. The smallest absolute Gasteiger partial charge is 0.164 e. The second-order valence-electron chi connectivity index (χ2n) is 10.7. The van der Waals surface area contributed by atoms with Crippen molar-refractivity contribution in [3.05, 3.63) is 158 Å². The monoisotopic (exact) mass is 562 g/mol. The molecule has 44 heavy (non-hydrogen) atoms. The summed E-state index contributed by atoms with van der Waals surface area (Å²) >= 11 is 0. The molecule has 6 aromatic carbocycles. The van der Waals surface area contributed by atoms with Gasteiger partial charge >= 0.3 is 0 Å². The number of aromatic nitrogens is 4. The Kier molecular flexibility index (Phi) is 6.43. The van der Waals surface area contributed by atoms with E-state index in [4.69, 9.17) is 15.0 Å². The zero-order chi connectivity index (χ0) is 29.3.